The summed E-state index contributed by atoms with van der Waals surface area (Å²) in [7, 11) is 0. The van der Waals surface area contributed by atoms with Gasteiger partial charge in [-0.1, -0.05) is 19.1 Å². The van der Waals surface area contributed by atoms with Crippen molar-refractivity contribution in [2.45, 2.75) is 33.2 Å². The molecular weight excluding hydrogens is 414 g/mol. The molecule has 0 fully saturated rings. The zero-order valence-electron chi connectivity index (χ0n) is 18.1. The standard InChI is InChI=1S/C23H29N3O4S/c1-4-16(3)24-22(28)19-8-6-7-9-20(19)25-23(31)26-21(27)17-10-12-18(13-11-17)30-15-14-29-5-2/h6-13,16H,4-5,14-15H2,1-3H3,(H,24,28)(H2,25,26,27,31). The van der Waals surface area contributed by atoms with Crippen molar-refractivity contribution in [1.82, 2.24) is 10.6 Å². The molecule has 2 amide bonds. The van der Waals surface area contributed by atoms with Crippen LogP contribution in [0.25, 0.3) is 0 Å². The first-order valence-electron chi connectivity index (χ1n) is 10.3. The minimum atomic E-state index is -0.361. The lowest BCUT2D eigenvalue weighted by atomic mass is 10.1. The number of thiocarbonyl (C=S) groups is 1. The van der Waals surface area contributed by atoms with E-state index in [-0.39, 0.29) is 23.0 Å². The fourth-order valence-corrected chi connectivity index (χ4v) is 2.79. The van der Waals surface area contributed by atoms with Gasteiger partial charge in [0.05, 0.1) is 17.9 Å². The second kappa shape index (κ2) is 12.7. The van der Waals surface area contributed by atoms with E-state index in [0.29, 0.717) is 42.4 Å². The van der Waals surface area contributed by atoms with Crippen LogP contribution < -0.4 is 20.7 Å². The van der Waals surface area contributed by atoms with E-state index in [2.05, 4.69) is 16.0 Å². The summed E-state index contributed by atoms with van der Waals surface area (Å²) in [6.45, 7) is 7.46. The van der Waals surface area contributed by atoms with Gasteiger partial charge in [0.25, 0.3) is 11.8 Å². The lowest BCUT2D eigenvalue weighted by molar-refractivity contribution is 0.0938. The van der Waals surface area contributed by atoms with Gasteiger partial charge in [0.15, 0.2) is 5.11 Å². The van der Waals surface area contributed by atoms with E-state index < -0.39 is 0 Å². The fraction of sp³-hybridized carbons (Fsp3) is 0.348. The first-order chi connectivity index (χ1) is 14.9. The number of para-hydroxylation sites is 1. The van der Waals surface area contributed by atoms with Crippen LogP contribution in [0.3, 0.4) is 0 Å². The van der Waals surface area contributed by atoms with Crippen molar-refractivity contribution in [2.24, 2.45) is 0 Å². The average molecular weight is 444 g/mol. The van der Waals surface area contributed by atoms with E-state index in [9.17, 15) is 9.59 Å². The number of nitrogens with one attached hydrogen (secondary N) is 3. The highest BCUT2D eigenvalue weighted by Gasteiger charge is 2.15. The molecule has 0 heterocycles. The molecular formula is C23H29N3O4S. The van der Waals surface area contributed by atoms with E-state index in [0.717, 1.165) is 6.42 Å². The van der Waals surface area contributed by atoms with Crippen molar-refractivity contribution in [3.8, 4) is 5.75 Å². The molecule has 0 saturated carbocycles. The van der Waals surface area contributed by atoms with E-state index in [4.69, 9.17) is 21.7 Å². The van der Waals surface area contributed by atoms with E-state index >= 15 is 0 Å². The zero-order valence-corrected chi connectivity index (χ0v) is 18.9. The predicted molar refractivity (Wildman–Crippen MR) is 126 cm³/mol. The Bertz CT molecular complexity index is 887. The number of hydrogen-bond donors (Lipinski definition) is 3. The summed E-state index contributed by atoms with van der Waals surface area (Å²) in [5.41, 5.74) is 1.41. The Kier molecular flexibility index (Phi) is 9.93. The Labute approximate surface area is 188 Å². The Morgan fingerprint density at radius 1 is 1.00 bits per heavy atom. The summed E-state index contributed by atoms with van der Waals surface area (Å²) in [4.78, 5) is 25.0. The number of rotatable bonds is 10. The molecule has 1 unspecified atom stereocenters. The molecule has 2 aromatic rings. The maximum Gasteiger partial charge on any atom is 0.257 e. The predicted octanol–water partition coefficient (Wildman–Crippen LogP) is 3.76. The summed E-state index contributed by atoms with van der Waals surface area (Å²) in [6, 6.07) is 13.8. The fourth-order valence-electron chi connectivity index (χ4n) is 2.59. The molecule has 0 radical (unpaired) electrons. The largest absolute Gasteiger partial charge is 0.491 e. The van der Waals surface area contributed by atoms with Crippen LogP contribution in [-0.4, -0.2) is 42.8 Å². The van der Waals surface area contributed by atoms with Crippen molar-refractivity contribution in [3.05, 3.63) is 59.7 Å². The Morgan fingerprint density at radius 2 is 1.71 bits per heavy atom. The topological polar surface area (TPSA) is 88.7 Å². The molecule has 1 atom stereocenters. The van der Waals surface area contributed by atoms with Gasteiger partial charge in [-0.15, -0.1) is 0 Å². The van der Waals surface area contributed by atoms with Crippen LogP contribution in [0.4, 0.5) is 5.69 Å². The third-order valence-corrected chi connectivity index (χ3v) is 4.66. The van der Waals surface area contributed by atoms with Crippen LogP contribution in [0.1, 0.15) is 47.9 Å². The van der Waals surface area contributed by atoms with Crippen LogP contribution in [0.2, 0.25) is 0 Å². The van der Waals surface area contributed by atoms with Gasteiger partial charge in [-0.05, 0) is 68.9 Å². The normalized spacial score (nSPS) is 11.3. The summed E-state index contributed by atoms with van der Waals surface area (Å²) >= 11 is 5.26. The summed E-state index contributed by atoms with van der Waals surface area (Å²) in [6.07, 6.45) is 0.826. The molecule has 0 aromatic heterocycles. The number of benzene rings is 2. The monoisotopic (exact) mass is 443 g/mol. The van der Waals surface area contributed by atoms with Crippen molar-refractivity contribution >= 4 is 34.8 Å². The number of amides is 2. The molecule has 8 heteroatoms. The van der Waals surface area contributed by atoms with Crippen molar-refractivity contribution in [3.63, 3.8) is 0 Å². The molecule has 0 saturated heterocycles. The molecule has 3 N–H and O–H groups in total. The summed E-state index contributed by atoms with van der Waals surface area (Å²) in [5.74, 6) is 0.0876. The number of hydrogen-bond acceptors (Lipinski definition) is 5. The van der Waals surface area contributed by atoms with Crippen molar-refractivity contribution in [2.75, 3.05) is 25.1 Å². The van der Waals surface area contributed by atoms with E-state index in [1.54, 1.807) is 48.5 Å². The number of carbonyl (C=O) groups is 2. The third kappa shape index (κ3) is 7.99. The summed E-state index contributed by atoms with van der Waals surface area (Å²) < 4.78 is 10.8. The minimum Gasteiger partial charge on any atom is -0.491 e. The molecule has 2 rings (SSSR count). The van der Waals surface area contributed by atoms with Gasteiger partial charge < -0.3 is 20.1 Å². The van der Waals surface area contributed by atoms with Crippen molar-refractivity contribution in [1.29, 1.82) is 0 Å². The highest BCUT2D eigenvalue weighted by atomic mass is 32.1. The zero-order chi connectivity index (χ0) is 22.6. The van der Waals surface area contributed by atoms with Gasteiger partial charge in [-0.2, -0.15) is 0 Å². The Balaban J connectivity index is 1.94. The van der Waals surface area contributed by atoms with Gasteiger partial charge >= 0.3 is 0 Å². The molecule has 7 nitrogen and oxygen atoms in total. The molecule has 0 aliphatic rings. The quantitative estimate of drug-likeness (QED) is 0.383. The average Bonchev–Trinajstić information content (AvgIpc) is 2.77. The van der Waals surface area contributed by atoms with Crippen LogP contribution in [0.15, 0.2) is 48.5 Å². The third-order valence-electron chi connectivity index (χ3n) is 4.45. The molecule has 166 valence electrons. The number of anilines is 1. The summed E-state index contributed by atoms with van der Waals surface area (Å²) in [5, 5.41) is 8.59. The van der Waals surface area contributed by atoms with Gasteiger partial charge in [0.1, 0.15) is 12.4 Å². The van der Waals surface area contributed by atoms with Gasteiger partial charge in [-0.3, -0.25) is 14.9 Å². The molecule has 31 heavy (non-hydrogen) atoms. The second-order valence-electron chi connectivity index (χ2n) is 6.81. The molecule has 0 bridgehead atoms. The Morgan fingerprint density at radius 3 is 2.39 bits per heavy atom. The van der Waals surface area contributed by atoms with Crippen LogP contribution in [0.5, 0.6) is 5.75 Å². The molecule has 0 spiro atoms. The second-order valence-corrected chi connectivity index (χ2v) is 7.21. The van der Waals surface area contributed by atoms with Gasteiger partial charge in [-0.25, -0.2) is 0 Å². The first kappa shape index (κ1) is 24.3. The smallest absolute Gasteiger partial charge is 0.257 e. The Hall–Kier alpha value is -2.97. The van der Waals surface area contributed by atoms with Crippen molar-refractivity contribution < 1.29 is 19.1 Å². The molecule has 0 aliphatic carbocycles. The van der Waals surface area contributed by atoms with Crippen LogP contribution in [-0.2, 0) is 4.74 Å². The molecule has 0 aliphatic heterocycles. The minimum absolute atomic E-state index is 0.0540. The van der Waals surface area contributed by atoms with Gasteiger partial charge in [0, 0.05) is 18.2 Å². The first-order valence-corrected chi connectivity index (χ1v) is 10.7. The lowest BCUT2D eigenvalue weighted by Gasteiger charge is -2.16. The number of carbonyl (C=O) groups excluding carboxylic acids is 2. The van der Waals surface area contributed by atoms with E-state index in [1.165, 1.54) is 0 Å². The lowest BCUT2D eigenvalue weighted by Crippen LogP contribution is -2.36. The highest BCUT2D eigenvalue weighted by molar-refractivity contribution is 7.80. The SMILES string of the molecule is CCOCCOc1ccc(C(=O)NC(=S)Nc2ccccc2C(=O)NC(C)CC)cc1. The van der Waals surface area contributed by atoms with Gasteiger partial charge in [0.2, 0.25) is 0 Å². The van der Waals surface area contributed by atoms with E-state index in [1.807, 2.05) is 20.8 Å². The highest BCUT2D eigenvalue weighted by Crippen LogP contribution is 2.16. The van der Waals surface area contributed by atoms with Crippen LogP contribution >= 0.6 is 12.2 Å². The van der Waals surface area contributed by atoms with Crippen LogP contribution in [0, 0.1) is 0 Å². The molecule has 2 aromatic carbocycles. The number of ether oxygens (including phenoxy) is 2. The maximum absolute atomic E-state index is 12.5. The maximum atomic E-state index is 12.5.